The van der Waals surface area contributed by atoms with Gasteiger partial charge in [0.25, 0.3) is 0 Å². The van der Waals surface area contributed by atoms with Crippen LogP contribution in [0.4, 0.5) is 0 Å². The number of halogens is 1. The Bertz CT molecular complexity index is 571. The summed E-state index contributed by atoms with van der Waals surface area (Å²) in [5, 5.41) is 2.13. The molecule has 0 bridgehead atoms. The highest BCUT2D eigenvalue weighted by atomic mass is 35.5. The molecule has 120 valence electrons. The van der Waals surface area contributed by atoms with E-state index >= 15 is 0 Å². The number of hydrogen-bond acceptors (Lipinski definition) is 7. The maximum atomic E-state index is 5.81. The third kappa shape index (κ3) is 4.25. The molecular formula is C14H20ClN5O2. The number of nitrogens with zero attached hydrogens (tertiary/aromatic N) is 3. The first-order valence-corrected chi connectivity index (χ1v) is 7.27. The van der Waals surface area contributed by atoms with Gasteiger partial charge in [0.05, 0.1) is 13.2 Å². The van der Waals surface area contributed by atoms with E-state index in [4.69, 9.17) is 32.6 Å². The molecule has 8 heteroatoms. The smallest absolute Gasteiger partial charge is 0.226 e. The first-order chi connectivity index (χ1) is 10.4. The average molecular weight is 326 g/mol. The number of ether oxygens (including phenoxy) is 1. The lowest BCUT2D eigenvalue weighted by Gasteiger charge is -2.36. The second kappa shape index (κ2) is 6.85. The summed E-state index contributed by atoms with van der Waals surface area (Å²) in [5.74, 6) is 1.10. The molecule has 0 saturated carbocycles. The molecule has 0 amide bonds. The van der Waals surface area contributed by atoms with E-state index in [0.29, 0.717) is 24.7 Å². The van der Waals surface area contributed by atoms with Crippen molar-refractivity contribution in [3.63, 3.8) is 0 Å². The highest BCUT2D eigenvalue weighted by molar-refractivity contribution is 6.30. The van der Waals surface area contributed by atoms with Crippen LogP contribution in [0.25, 0.3) is 0 Å². The summed E-state index contributed by atoms with van der Waals surface area (Å²) in [6.45, 7) is 4.61. The quantitative estimate of drug-likeness (QED) is 0.776. The number of hydrogen-bond donors (Lipinski definition) is 2. The van der Waals surface area contributed by atoms with Crippen LogP contribution in [0.2, 0.25) is 5.02 Å². The van der Waals surface area contributed by atoms with E-state index < -0.39 is 5.66 Å². The van der Waals surface area contributed by atoms with Crippen LogP contribution in [0.1, 0.15) is 20.3 Å². The summed E-state index contributed by atoms with van der Waals surface area (Å²) in [6.07, 6.45) is 0.682. The first-order valence-electron chi connectivity index (χ1n) is 6.89. The van der Waals surface area contributed by atoms with Crippen LogP contribution >= 0.6 is 11.6 Å². The molecule has 0 spiro atoms. The van der Waals surface area contributed by atoms with Crippen molar-refractivity contribution in [3.8, 4) is 5.75 Å². The van der Waals surface area contributed by atoms with Gasteiger partial charge in [0, 0.05) is 11.4 Å². The minimum Gasteiger partial charge on any atom is -0.494 e. The van der Waals surface area contributed by atoms with Gasteiger partial charge in [0.1, 0.15) is 5.75 Å². The number of guanidine groups is 2. The van der Waals surface area contributed by atoms with Crippen molar-refractivity contribution < 1.29 is 9.57 Å². The van der Waals surface area contributed by atoms with Crippen LogP contribution in [0.5, 0.6) is 5.75 Å². The fraction of sp³-hybridized carbons (Fsp3) is 0.429. The van der Waals surface area contributed by atoms with Gasteiger partial charge in [-0.1, -0.05) is 11.6 Å². The molecule has 0 atom stereocenters. The second-order valence-corrected chi connectivity index (χ2v) is 5.65. The van der Waals surface area contributed by atoms with E-state index in [-0.39, 0.29) is 11.9 Å². The van der Waals surface area contributed by atoms with Gasteiger partial charge in [-0.25, -0.2) is 4.99 Å². The Morgan fingerprint density at radius 3 is 2.50 bits per heavy atom. The summed E-state index contributed by atoms with van der Waals surface area (Å²) in [5.41, 5.74) is 10.7. The van der Waals surface area contributed by atoms with Crippen LogP contribution in [0, 0.1) is 0 Å². The molecule has 2 rings (SSSR count). The minimum absolute atomic E-state index is 0.147. The monoisotopic (exact) mass is 325 g/mol. The molecule has 0 saturated heterocycles. The second-order valence-electron chi connectivity index (χ2n) is 5.22. The average Bonchev–Trinajstić information content (AvgIpc) is 2.42. The van der Waals surface area contributed by atoms with E-state index in [1.807, 2.05) is 26.0 Å². The fourth-order valence-corrected chi connectivity index (χ4v) is 2.08. The minimum atomic E-state index is -0.688. The topological polar surface area (TPSA) is 98.5 Å². The zero-order chi connectivity index (χ0) is 16.2. The zero-order valence-electron chi connectivity index (χ0n) is 12.6. The highest BCUT2D eigenvalue weighted by Gasteiger charge is 2.32. The van der Waals surface area contributed by atoms with Crippen molar-refractivity contribution >= 4 is 23.5 Å². The Balaban J connectivity index is 1.75. The fourth-order valence-electron chi connectivity index (χ4n) is 1.95. The molecule has 0 aromatic heterocycles. The molecule has 1 heterocycles. The highest BCUT2D eigenvalue weighted by Crippen LogP contribution is 2.20. The Labute approximate surface area is 134 Å². The van der Waals surface area contributed by atoms with Crippen molar-refractivity contribution in [2.75, 3.05) is 13.2 Å². The number of hydroxylamine groups is 2. The zero-order valence-corrected chi connectivity index (χ0v) is 13.4. The Hall–Kier alpha value is -1.99. The van der Waals surface area contributed by atoms with Crippen LogP contribution in [0.3, 0.4) is 0 Å². The van der Waals surface area contributed by atoms with Gasteiger partial charge < -0.3 is 16.2 Å². The molecule has 7 nitrogen and oxygen atoms in total. The molecule has 0 unspecified atom stereocenters. The Morgan fingerprint density at radius 1 is 1.18 bits per heavy atom. The predicted molar refractivity (Wildman–Crippen MR) is 86.7 cm³/mol. The summed E-state index contributed by atoms with van der Waals surface area (Å²) in [7, 11) is 0. The third-order valence-corrected chi connectivity index (χ3v) is 3.17. The van der Waals surface area contributed by atoms with Crippen LogP contribution < -0.4 is 16.2 Å². The maximum Gasteiger partial charge on any atom is 0.226 e. The summed E-state index contributed by atoms with van der Waals surface area (Å²) >= 11 is 5.81. The molecule has 0 radical (unpaired) electrons. The van der Waals surface area contributed by atoms with Crippen LogP contribution in [-0.4, -0.2) is 35.9 Å². The van der Waals surface area contributed by atoms with Crippen LogP contribution in [-0.2, 0) is 4.84 Å². The molecule has 1 aromatic rings. The van der Waals surface area contributed by atoms with Crippen molar-refractivity contribution in [2.24, 2.45) is 21.5 Å². The van der Waals surface area contributed by atoms with Crippen molar-refractivity contribution in [1.29, 1.82) is 0 Å². The molecule has 4 N–H and O–H groups in total. The van der Waals surface area contributed by atoms with Gasteiger partial charge in [-0.2, -0.15) is 10.1 Å². The summed E-state index contributed by atoms with van der Waals surface area (Å²) < 4.78 is 5.58. The van der Waals surface area contributed by atoms with Crippen molar-refractivity contribution in [3.05, 3.63) is 29.3 Å². The van der Waals surface area contributed by atoms with Gasteiger partial charge in [0.2, 0.25) is 11.9 Å². The van der Waals surface area contributed by atoms with E-state index in [1.165, 1.54) is 5.06 Å². The molecule has 0 fully saturated rings. The van der Waals surface area contributed by atoms with Crippen molar-refractivity contribution in [1.82, 2.24) is 5.06 Å². The Kier molecular flexibility index (Phi) is 5.10. The lowest BCUT2D eigenvalue weighted by atomic mass is 10.2. The Morgan fingerprint density at radius 2 is 1.86 bits per heavy atom. The number of benzene rings is 1. The third-order valence-electron chi connectivity index (χ3n) is 2.91. The SMILES string of the molecule is CC1(C)N=C(N)N=C(N)N1OCCCOc1ccc(Cl)cc1. The molecule has 1 aromatic carbocycles. The molecule has 1 aliphatic heterocycles. The summed E-state index contributed by atoms with van der Waals surface area (Å²) in [6, 6.07) is 7.20. The van der Waals surface area contributed by atoms with Crippen LogP contribution in [0.15, 0.2) is 34.3 Å². The predicted octanol–water partition coefficient (Wildman–Crippen LogP) is 1.72. The van der Waals surface area contributed by atoms with Gasteiger partial charge in [-0.3, -0.25) is 4.84 Å². The largest absolute Gasteiger partial charge is 0.494 e. The van der Waals surface area contributed by atoms with Gasteiger partial charge in [-0.05, 0) is 38.1 Å². The van der Waals surface area contributed by atoms with Gasteiger partial charge in [0.15, 0.2) is 5.66 Å². The normalized spacial score (nSPS) is 17.0. The lowest BCUT2D eigenvalue weighted by Crippen LogP contribution is -2.53. The molecular weight excluding hydrogens is 306 g/mol. The maximum absolute atomic E-state index is 5.81. The molecule has 22 heavy (non-hydrogen) atoms. The first kappa shape index (κ1) is 16.4. The number of aliphatic imine (C=N–C) groups is 2. The van der Waals surface area contributed by atoms with Gasteiger partial charge >= 0.3 is 0 Å². The molecule has 1 aliphatic rings. The van der Waals surface area contributed by atoms with E-state index in [2.05, 4.69) is 9.98 Å². The standard InChI is InChI=1S/C14H20ClN5O2/c1-14(2)19-12(16)18-13(17)20(14)22-9-3-8-21-11-6-4-10(15)5-7-11/h4-7H,3,8-9H2,1-2H3,(H4,16,17,18,19). The lowest BCUT2D eigenvalue weighted by molar-refractivity contribution is -0.158. The van der Waals surface area contributed by atoms with E-state index in [9.17, 15) is 0 Å². The van der Waals surface area contributed by atoms with Crippen molar-refractivity contribution in [2.45, 2.75) is 25.9 Å². The number of nitrogens with two attached hydrogens (primary N) is 2. The molecule has 0 aliphatic carbocycles. The van der Waals surface area contributed by atoms with E-state index in [1.54, 1.807) is 12.1 Å². The van der Waals surface area contributed by atoms with E-state index in [0.717, 1.165) is 5.75 Å². The number of rotatable bonds is 6. The van der Waals surface area contributed by atoms with Gasteiger partial charge in [-0.15, -0.1) is 0 Å². The summed E-state index contributed by atoms with van der Waals surface area (Å²) in [4.78, 5) is 13.7.